The summed E-state index contributed by atoms with van der Waals surface area (Å²) < 4.78 is 0. The Balaban J connectivity index is -0.000000120. The minimum atomic E-state index is -2.97. The molecule has 0 aromatic carbocycles. The van der Waals surface area contributed by atoms with Gasteiger partial charge in [-0.3, -0.25) is 0 Å². The van der Waals surface area contributed by atoms with Crippen molar-refractivity contribution in [3.05, 3.63) is 0 Å². The minimum Gasteiger partial charge on any atom is -0.550 e. The van der Waals surface area contributed by atoms with Crippen LogP contribution in [0.15, 0.2) is 0 Å². The number of rotatable bonds is 5. The SMILES string of the molecule is O=C([O-])CC(O)(CC(=O)[O-])C(=O)[O-].[Ca+2].[Ca+2].[Ca+2].[Ca+2]. The number of carboxylic acids is 3. The first-order valence-corrected chi connectivity index (χ1v) is 3.11. The van der Waals surface area contributed by atoms with E-state index in [0.29, 0.717) is 0 Å². The fourth-order valence-electron chi connectivity index (χ4n) is 0.684. The van der Waals surface area contributed by atoms with Crippen LogP contribution >= 0.6 is 0 Å². The fraction of sp³-hybridized carbons (Fsp3) is 0.500. The third kappa shape index (κ3) is 15.6. The van der Waals surface area contributed by atoms with Crippen LogP contribution in [-0.2, 0) is 14.4 Å². The summed E-state index contributed by atoms with van der Waals surface area (Å²) in [7, 11) is 0. The van der Waals surface area contributed by atoms with Crippen LogP contribution in [0.1, 0.15) is 12.8 Å². The first kappa shape index (κ1) is 32.4. The van der Waals surface area contributed by atoms with Crippen molar-refractivity contribution in [2.24, 2.45) is 0 Å². The molecule has 0 aromatic heterocycles. The van der Waals surface area contributed by atoms with E-state index in [9.17, 15) is 29.7 Å². The molecule has 0 aliphatic rings. The van der Waals surface area contributed by atoms with Crippen molar-refractivity contribution in [3.63, 3.8) is 0 Å². The fourth-order valence-corrected chi connectivity index (χ4v) is 0.684. The van der Waals surface area contributed by atoms with E-state index in [1.54, 1.807) is 0 Å². The molecule has 0 aromatic rings. The quantitative estimate of drug-likeness (QED) is 0.486. The molecule has 7 nitrogen and oxygen atoms in total. The normalized spacial score (nSPS) is 8.29. The van der Waals surface area contributed by atoms with Crippen molar-refractivity contribution >= 4 is 169 Å². The number of aliphatic hydroxyl groups is 1. The summed E-state index contributed by atoms with van der Waals surface area (Å²) in [6.07, 6.45) is -2.72. The van der Waals surface area contributed by atoms with Gasteiger partial charge in [0.1, 0.15) is 5.60 Å². The summed E-state index contributed by atoms with van der Waals surface area (Å²) in [6.45, 7) is 0. The van der Waals surface area contributed by atoms with Crippen molar-refractivity contribution < 1.29 is 34.8 Å². The molecule has 0 unspecified atom stereocenters. The number of carbonyl (C=O) groups excluding carboxylic acids is 3. The summed E-state index contributed by atoms with van der Waals surface area (Å²) in [5.41, 5.74) is -2.97. The number of hydrogen-bond acceptors (Lipinski definition) is 7. The Morgan fingerprint density at radius 3 is 1.18 bits per heavy atom. The predicted molar refractivity (Wildman–Crippen MR) is 52.2 cm³/mol. The maximum atomic E-state index is 10.1. The van der Waals surface area contributed by atoms with E-state index in [2.05, 4.69) is 0 Å². The van der Waals surface area contributed by atoms with Gasteiger partial charge in [-0.05, 0) is 0 Å². The van der Waals surface area contributed by atoms with Crippen LogP contribution in [-0.4, -0.2) is 180 Å². The van der Waals surface area contributed by atoms with E-state index in [1.165, 1.54) is 0 Å². The van der Waals surface area contributed by atoms with Crippen LogP contribution < -0.4 is 15.3 Å². The number of carboxylic acid groups (broad SMARTS) is 3. The van der Waals surface area contributed by atoms with Gasteiger partial charge in [-0.15, -0.1) is 0 Å². The Morgan fingerprint density at radius 1 is 0.824 bits per heavy atom. The molecule has 0 bridgehead atoms. The van der Waals surface area contributed by atoms with Crippen LogP contribution in [0.4, 0.5) is 0 Å². The molecule has 0 saturated heterocycles. The Kier molecular flexibility index (Phi) is 30.1. The number of hydrogen-bond donors (Lipinski definition) is 1. The van der Waals surface area contributed by atoms with E-state index >= 15 is 0 Å². The maximum absolute atomic E-state index is 10.1. The third-order valence-corrected chi connectivity index (χ3v) is 1.25. The molecule has 0 heterocycles. The average molecular weight is 349 g/mol. The first-order chi connectivity index (χ1) is 5.78. The van der Waals surface area contributed by atoms with E-state index in [1.807, 2.05) is 0 Å². The van der Waals surface area contributed by atoms with Gasteiger partial charge in [-0.25, -0.2) is 0 Å². The van der Waals surface area contributed by atoms with Gasteiger partial charge in [0.05, 0.1) is 5.97 Å². The van der Waals surface area contributed by atoms with E-state index in [0.717, 1.165) is 0 Å². The molecule has 0 aliphatic carbocycles. The van der Waals surface area contributed by atoms with Crippen LogP contribution in [0.25, 0.3) is 0 Å². The maximum Gasteiger partial charge on any atom is 2.00 e. The average Bonchev–Trinajstić information content (AvgIpc) is 1.82. The van der Waals surface area contributed by atoms with Gasteiger partial charge in [0, 0.05) is 24.8 Å². The molecule has 0 rings (SSSR count). The van der Waals surface area contributed by atoms with E-state index < -0.39 is 36.4 Å². The van der Waals surface area contributed by atoms with Gasteiger partial charge in [-0.2, -0.15) is 0 Å². The second-order valence-corrected chi connectivity index (χ2v) is 2.42. The summed E-state index contributed by atoms with van der Waals surface area (Å²) in [5, 5.41) is 38.9. The molecular weight excluding hydrogens is 344 g/mol. The van der Waals surface area contributed by atoms with Gasteiger partial charge in [0.2, 0.25) is 0 Å². The molecule has 0 fully saturated rings. The van der Waals surface area contributed by atoms with Crippen LogP contribution in [0.5, 0.6) is 0 Å². The summed E-state index contributed by atoms with van der Waals surface area (Å²) in [6, 6.07) is 0. The zero-order valence-electron chi connectivity index (χ0n) is 9.14. The van der Waals surface area contributed by atoms with Gasteiger partial charge in [-0.1, -0.05) is 0 Å². The topological polar surface area (TPSA) is 141 Å². The molecule has 0 aliphatic heterocycles. The molecule has 0 amide bonds. The summed E-state index contributed by atoms with van der Waals surface area (Å²) in [4.78, 5) is 30.0. The zero-order chi connectivity index (χ0) is 10.6. The third-order valence-electron chi connectivity index (χ3n) is 1.25. The standard InChI is InChI=1S/C6H8O7.4Ca/c7-3(8)1-6(13,5(11)12)2-4(9)10;;;;/h13H,1-2H2,(H,7,8)(H,9,10)(H,11,12);;;;/q;4*+2/p-3. The van der Waals surface area contributed by atoms with Crippen molar-refractivity contribution in [1.29, 1.82) is 0 Å². The molecule has 17 heavy (non-hydrogen) atoms. The van der Waals surface area contributed by atoms with E-state index in [4.69, 9.17) is 5.11 Å². The number of carbonyl (C=O) groups is 3. The van der Waals surface area contributed by atoms with Crippen LogP contribution in [0, 0.1) is 0 Å². The first-order valence-electron chi connectivity index (χ1n) is 3.11. The minimum absolute atomic E-state index is 0. The molecule has 0 atom stereocenters. The Hall–Kier alpha value is 3.41. The molecular formula is C6H5Ca4O7+5. The molecule has 74 valence electrons. The van der Waals surface area contributed by atoms with Gasteiger partial charge >= 0.3 is 151 Å². The van der Waals surface area contributed by atoms with Gasteiger partial charge in [0.15, 0.2) is 0 Å². The second kappa shape index (κ2) is 15.8. The molecule has 0 saturated carbocycles. The van der Waals surface area contributed by atoms with Crippen LogP contribution in [0.2, 0.25) is 0 Å². The predicted octanol–water partition coefficient (Wildman–Crippen LogP) is -6.78. The van der Waals surface area contributed by atoms with Crippen molar-refractivity contribution in [3.8, 4) is 0 Å². The zero-order valence-corrected chi connectivity index (χ0v) is 18.0. The van der Waals surface area contributed by atoms with Crippen molar-refractivity contribution in [2.75, 3.05) is 0 Å². The largest absolute Gasteiger partial charge is 2.00 e. The monoisotopic (exact) mass is 349 g/mol. The van der Waals surface area contributed by atoms with Gasteiger partial charge < -0.3 is 34.8 Å². The Bertz CT molecular complexity index is 241. The van der Waals surface area contributed by atoms with Crippen molar-refractivity contribution in [1.82, 2.24) is 0 Å². The second-order valence-electron chi connectivity index (χ2n) is 2.42. The molecule has 0 spiro atoms. The molecule has 1 N–H and O–H groups in total. The Labute approximate surface area is 217 Å². The molecule has 11 heteroatoms. The number of aliphatic carboxylic acids is 3. The molecule has 0 radical (unpaired) electrons. The summed E-state index contributed by atoms with van der Waals surface area (Å²) in [5.74, 6) is -5.98. The van der Waals surface area contributed by atoms with Crippen LogP contribution in [0.3, 0.4) is 0 Å². The van der Waals surface area contributed by atoms with E-state index in [-0.39, 0.29) is 151 Å². The van der Waals surface area contributed by atoms with Gasteiger partial charge in [0.25, 0.3) is 0 Å². The summed E-state index contributed by atoms with van der Waals surface area (Å²) >= 11 is 0. The smallest absolute Gasteiger partial charge is 0.550 e. The van der Waals surface area contributed by atoms with Crippen molar-refractivity contribution in [2.45, 2.75) is 18.4 Å². The Morgan fingerprint density at radius 2 is 1.06 bits per heavy atom.